The molecule has 1 aliphatic heterocycles. The van der Waals surface area contributed by atoms with Crippen molar-refractivity contribution in [1.29, 1.82) is 0 Å². The van der Waals surface area contributed by atoms with Crippen molar-refractivity contribution in [3.63, 3.8) is 0 Å². The van der Waals surface area contributed by atoms with Crippen LogP contribution in [0, 0.1) is 5.92 Å². The third-order valence-corrected chi connectivity index (χ3v) is 3.79. The highest BCUT2D eigenvalue weighted by Gasteiger charge is 2.17. The standard InChI is InChI=1S/C13H24N2/c1-15-9-7-13(8-10-15)14-11-12-5-3-2-4-6-12/h2-3,12-14H,4-11H2,1H3. The minimum absolute atomic E-state index is 0.784. The molecule has 0 radical (unpaired) electrons. The smallest absolute Gasteiger partial charge is 0.00915 e. The molecular weight excluding hydrogens is 184 g/mol. The zero-order valence-electron chi connectivity index (χ0n) is 9.91. The number of rotatable bonds is 3. The van der Waals surface area contributed by atoms with E-state index < -0.39 is 0 Å². The lowest BCUT2D eigenvalue weighted by Crippen LogP contribution is -2.42. The average Bonchev–Trinajstić information content (AvgIpc) is 2.30. The van der Waals surface area contributed by atoms with Gasteiger partial charge in [-0.1, -0.05) is 12.2 Å². The van der Waals surface area contributed by atoms with Crippen LogP contribution in [0.4, 0.5) is 0 Å². The maximum absolute atomic E-state index is 3.75. The zero-order chi connectivity index (χ0) is 10.5. The van der Waals surface area contributed by atoms with Gasteiger partial charge in [-0.2, -0.15) is 0 Å². The number of hydrogen-bond acceptors (Lipinski definition) is 2. The topological polar surface area (TPSA) is 15.3 Å². The largest absolute Gasteiger partial charge is 0.314 e. The van der Waals surface area contributed by atoms with Crippen molar-refractivity contribution >= 4 is 0 Å². The molecule has 0 aromatic rings. The van der Waals surface area contributed by atoms with Crippen molar-refractivity contribution in [2.75, 3.05) is 26.7 Å². The third-order valence-electron chi connectivity index (χ3n) is 3.79. The minimum atomic E-state index is 0.784. The van der Waals surface area contributed by atoms with Crippen molar-refractivity contribution in [3.05, 3.63) is 12.2 Å². The van der Waals surface area contributed by atoms with Gasteiger partial charge in [0.25, 0.3) is 0 Å². The lowest BCUT2D eigenvalue weighted by atomic mass is 9.93. The highest BCUT2D eigenvalue weighted by atomic mass is 15.1. The molecule has 0 saturated carbocycles. The molecule has 0 bridgehead atoms. The summed E-state index contributed by atoms with van der Waals surface area (Å²) in [6.07, 6.45) is 11.3. The summed E-state index contributed by atoms with van der Waals surface area (Å²) in [5.41, 5.74) is 0. The average molecular weight is 208 g/mol. The van der Waals surface area contributed by atoms with Gasteiger partial charge in [-0.05, 0) is 64.7 Å². The molecule has 1 unspecified atom stereocenters. The predicted octanol–water partition coefficient (Wildman–Crippen LogP) is 2.03. The predicted molar refractivity (Wildman–Crippen MR) is 65.0 cm³/mol. The Morgan fingerprint density at radius 3 is 2.67 bits per heavy atom. The Balaban J connectivity index is 1.63. The molecule has 1 heterocycles. The fourth-order valence-electron chi connectivity index (χ4n) is 2.59. The molecule has 2 heteroatoms. The van der Waals surface area contributed by atoms with Crippen LogP contribution in [0.1, 0.15) is 32.1 Å². The Morgan fingerprint density at radius 1 is 1.20 bits per heavy atom. The first-order valence-corrected chi connectivity index (χ1v) is 6.41. The molecule has 1 fully saturated rings. The monoisotopic (exact) mass is 208 g/mol. The van der Waals surface area contributed by atoms with E-state index in [0.717, 1.165) is 12.0 Å². The second kappa shape index (κ2) is 5.66. The van der Waals surface area contributed by atoms with Gasteiger partial charge in [0.05, 0.1) is 0 Å². The van der Waals surface area contributed by atoms with Crippen LogP contribution in [-0.4, -0.2) is 37.6 Å². The van der Waals surface area contributed by atoms with E-state index in [-0.39, 0.29) is 0 Å². The molecule has 0 spiro atoms. The van der Waals surface area contributed by atoms with E-state index in [4.69, 9.17) is 0 Å². The van der Waals surface area contributed by atoms with Crippen LogP contribution in [0.3, 0.4) is 0 Å². The van der Waals surface area contributed by atoms with E-state index in [1.807, 2.05) is 0 Å². The number of nitrogens with zero attached hydrogens (tertiary/aromatic N) is 1. The summed E-state index contributed by atoms with van der Waals surface area (Å²) < 4.78 is 0. The number of likely N-dealkylation sites (tertiary alicyclic amines) is 1. The SMILES string of the molecule is CN1CCC(NCC2CC=CCC2)CC1. The Morgan fingerprint density at radius 2 is 2.00 bits per heavy atom. The Bertz CT molecular complexity index is 205. The van der Waals surface area contributed by atoms with Gasteiger partial charge in [0.1, 0.15) is 0 Å². The third kappa shape index (κ3) is 3.62. The van der Waals surface area contributed by atoms with Gasteiger partial charge in [0, 0.05) is 6.04 Å². The normalized spacial score (nSPS) is 29.5. The van der Waals surface area contributed by atoms with E-state index in [2.05, 4.69) is 29.4 Å². The minimum Gasteiger partial charge on any atom is -0.314 e. The summed E-state index contributed by atoms with van der Waals surface area (Å²) in [4.78, 5) is 2.43. The van der Waals surface area contributed by atoms with Crippen molar-refractivity contribution in [3.8, 4) is 0 Å². The zero-order valence-corrected chi connectivity index (χ0v) is 9.91. The van der Waals surface area contributed by atoms with Crippen LogP contribution in [0.25, 0.3) is 0 Å². The van der Waals surface area contributed by atoms with Crippen LogP contribution in [0.5, 0.6) is 0 Å². The highest BCUT2D eigenvalue weighted by molar-refractivity contribution is 4.91. The van der Waals surface area contributed by atoms with Crippen LogP contribution in [0.15, 0.2) is 12.2 Å². The van der Waals surface area contributed by atoms with Crippen LogP contribution >= 0.6 is 0 Å². The van der Waals surface area contributed by atoms with E-state index in [0.29, 0.717) is 0 Å². The maximum atomic E-state index is 3.75. The van der Waals surface area contributed by atoms with E-state index >= 15 is 0 Å². The lowest BCUT2D eigenvalue weighted by Gasteiger charge is -2.31. The Labute approximate surface area is 93.7 Å². The molecule has 2 rings (SSSR count). The first-order valence-electron chi connectivity index (χ1n) is 6.41. The first kappa shape index (κ1) is 11.2. The van der Waals surface area contributed by atoms with Crippen molar-refractivity contribution < 1.29 is 0 Å². The molecule has 1 N–H and O–H groups in total. The Kier molecular flexibility index (Phi) is 4.21. The van der Waals surface area contributed by atoms with Gasteiger partial charge in [0.2, 0.25) is 0 Å². The molecule has 0 aromatic carbocycles. The van der Waals surface area contributed by atoms with Crippen molar-refractivity contribution in [2.45, 2.75) is 38.1 Å². The molecular formula is C13H24N2. The van der Waals surface area contributed by atoms with Gasteiger partial charge in [-0.25, -0.2) is 0 Å². The van der Waals surface area contributed by atoms with Gasteiger partial charge < -0.3 is 10.2 Å². The fraction of sp³-hybridized carbons (Fsp3) is 0.846. The van der Waals surface area contributed by atoms with Gasteiger partial charge in [-0.15, -0.1) is 0 Å². The van der Waals surface area contributed by atoms with Crippen LogP contribution in [0.2, 0.25) is 0 Å². The fourth-order valence-corrected chi connectivity index (χ4v) is 2.59. The molecule has 1 saturated heterocycles. The number of nitrogens with one attached hydrogen (secondary N) is 1. The van der Waals surface area contributed by atoms with E-state index in [1.54, 1.807) is 0 Å². The molecule has 2 aliphatic rings. The van der Waals surface area contributed by atoms with Crippen LogP contribution < -0.4 is 5.32 Å². The second-order valence-electron chi connectivity index (χ2n) is 5.14. The molecule has 2 nitrogen and oxygen atoms in total. The quantitative estimate of drug-likeness (QED) is 0.714. The maximum Gasteiger partial charge on any atom is 0.00915 e. The molecule has 1 aliphatic carbocycles. The van der Waals surface area contributed by atoms with Gasteiger partial charge in [0.15, 0.2) is 0 Å². The van der Waals surface area contributed by atoms with E-state index in [1.165, 1.54) is 51.7 Å². The molecule has 86 valence electrons. The molecule has 0 aromatic heterocycles. The van der Waals surface area contributed by atoms with Crippen molar-refractivity contribution in [1.82, 2.24) is 10.2 Å². The summed E-state index contributed by atoms with van der Waals surface area (Å²) in [5, 5.41) is 3.75. The highest BCUT2D eigenvalue weighted by Crippen LogP contribution is 2.18. The number of allylic oxidation sites excluding steroid dienone is 2. The molecule has 0 amide bonds. The number of hydrogen-bond donors (Lipinski definition) is 1. The summed E-state index contributed by atoms with van der Waals surface area (Å²) >= 11 is 0. The van der Waals surface area contributed by atoms with Gasteiger partial charge in [-0.3, -0.25) is 0 Å². The summed E-state index contributed by atoms with van der Waals surface area (Å²) in [6.45, 7) is 3.77. The number of piperidine rings is 1. The lowest BCUT2D eigenvalue weighted by molar-refractivity contribution is 0.228. The Hall–Kier alpha value is -0.340. The van der Waals surface area contributed by atoms with Crippen LogP contribution in [-0.2, 0) is 0 Å². The van der Waals surface area contributed by atoms with Gasteiger partial charge >= 0.3 is 0 Å². The first-order chi connectivity index (χ1) is 7.34. The van der Waals surface area contributed by atoms with Crippen molar-refractivity contribution in [2.24, 2.45) is 5.92 Å². The summed E-state index contributed by atoms with van der Waals surface area (Å²) in [7, 11) is 2.22. The second-order valence-corrected chi connectivity index (χ2v) is 5.14. The van der Waals surface area contributed by atoms with E-state index in [9.17, 15) is 0 Å². The summed E-state index contributed by atoms with van der Waals surface area (Å²) in [5.74, 6) is 0.898. The summed E-state index contributed by atoms with van der Waals surface area (Å²) in [6, 6.07) is 0.784. The molecule has 1 atom stereocenters. The molecule has 15 heavy (non-hydrogen) atoms.